The van der Waals surface area contributed by atoms with Crippen LogP contribution in [0.3, 0.4) is 0 Å². The van der Waals surface area contributed by atoms with Gasteiger partial charge in [0.1, 0.15) is 5.78 Å². The third kappa shape index (κ3) is 2.70. The average Bonchev–Trinajstić information content (AvgIpc) is 2.03. The van der Waals surface area contributed by atoms with Crippen molar-refractivity contribution in [2.24, 2.45) is 0 Å². The minimum absolute atomic E-state index is 0.0577. The second-order valence-corrected chi connectivity index (χ2v) is 3.14. The maximum atomic E-state index is 10.9. The Morgan fingerprint density at radius 3 is 2.92 bits per heavy atom. The van der Waals surface area contributed by atoms with Gasteiger partial charge in [-0.25, -0.2) is 4.98 Å². The van der Waals surface area contributed by atoms with Crippen molar-refractivity contribution in [2.45, 2.75) is 13.3 Å². The predicted octanol–water partition coefficient (Wildman–Crippen LogP) is 1.88. The fraction of sp³-hybridized carbons (Fsp3) is 0.333. The molecule has 1 heterocycles. The SMILES string of the molecule is COc1ncc(Cl)cc1CC(C)=O. The molecule has 0 unspecified atom stereocenters. The number of aromatic nitrogens is 1. The lowest BCUT2D eigenvalue weighted by Crippen LogP contribution is -2.00. The average molecular weight is 200 g/mol. The lowest BCUT2D eigenvalue weighted by atomic mass is 10.1. The van der Waals surface area contributed by atoms with Crippen molar-refractivity contribution >= 4 is 17.4 Å². The zero-order valence-corrected chi connectivity index (χ0v) is 8.26. The second-order valence-electron chi connectivity index (χ2n) is 2.70. The summed E-state index contributed by atoms with van der Waals surface area (Å²) < 4.78 is 4.98. The van der Waals surface area contributed by atoms with Crippen LogP contribution >= 0.6 is 11.6 Å². The Balaban J connectivity index is 3.01. The maximum absolute atomic E-state index is 10.9. The van der Waals surface area contributed by atoms with Gasteiger partial charge < -0.3 is 4.74 Å². The van der Waals surface area contributed by atoms with E-state index >= 15 is 0 Å². The molecule has 4 heteroatoms. The highest BCUT2D eigenvalue weighted by atomic mass is 35.5. The highest BCUT2D eigenvalue weighted by Crippen LogP contribution is 2.19. The van der Waals surface area contributed by atoms with Gasteiger partial charge in [0.25, 0.3) is 0 Å². The number of rotatable bonds is 3. The molecule has 0 saturated heterocycles. The lowest BCUT2D eigenvalue weighted by Gasteiger charge is -2.05. The number of nitrogens with zero attached hydrogens (tertiary/aromatic N) is 1. The van der Waals surface area contributed by atoms with Gasteiger partial charge in [-0.05, 0) is 13.0 Å². The molecule has 0 N–H and O–H groups in total. The van der Waals surface area contributed by atoms with E-state index in [0.29, 0.717) is 17.3 Å². The first-order valence-corrected chi connectivity index (χ1v) is 4.19. The summed E-state index contributed by atoms with van der Waals surface area (Å²) in [5.41, 5.74) is 0.725. The molecule has 0 bridgehead atoms. The van der Waals surface area contributed by atoms with Gasteiger partial charge in [0, 0.05) is 18.2 Å². The molecule has 0 amide bonds. The lowest BCUT2D eigenvalue weighted by molar-refractivity contribution is -0.116. The first kappa shape index (κ1) is 9.99. The zero-order chi connectivity index (χ0) is 9.84. The molecule has 3 nitrogen and oxygen atoms in total. The van der Waals surface area contributed by atoms with Crippen LogP contribution in [-0.4, -0.2) is 17.9 Å². The van der Waals surface area contributed by atoms with E-state index in [1.807, 2.05) is 0 Å². The first-order chi connectivity index (χ1) is 6.13. The fourth-order valence-corrected chi connectivity index (χ4v) is 1.23. The van der Waals surface area contributed by atoms with Gasteiger partial charge in [-0.1, -0.05) is 11.6 Å². The molecule has 0 saturated carbocycles. The summed E-state index contributed by atoms with van der Waals surface area (Å²) in [6.45, 7) is 1.51. The molecule has 0 aliphatic carbocycles. The van der Waals surface area contributed by atoms with E-state index in [1.54, 1.807) is 6.07 Å². The van der Waals surface area contributed by atoms with Crippen LogP contribution < -0.4 is 4.74 Å². The van der Waals surface area contributed by atoms with Gasteiger partial charge in [0.15, 0.2) is 0 Å². The molecule has 0 fully saturated rings. The van der Waals surface area contributed by atoms with E-state index in [4.69, 9.17) is 16.3 Å². The number of ether oxygens (including phenoxy) is 1. The van der Waals surface area contributed by atoms with Crippen molar-refractivity contribution in [3.8, 4) is 5.88 Å². The Hall–Kier alpha value is -1.09. The molecular formula is C9H10ClNO2. The second kappa shape index (κ2) is 4.23. The standard InChI is InChI=1S/C9H10ClNO2/c1-6(12)3-7-4-8(10)5-11-9(7)13-2/h4-5H,3H2,1-2H3. The number of Topliss-reactive ketones (excluding diaryl/α,β-unsaturated/α-hetero) is 1. The van der Waals surface area contributed by atoms with E-state index in [2.05, 4.69) is 4.98 Å². The van der Waals surface area contributed by atoms with Gasteiger partial charge in [0.05, 0.1) is 12.1 Å². The summed E-state index contributed by atoms with van der Waals surface area (Å²) >= 11 is 5.73. The smallest absolute Gasteiger partial charge is 0.216 e. The van der Waals surface area contributed by atoms with E-state index in [9.17, 15) is 4.79 Å². The number of carbonyl (C=O) groups excluding carboxylic acids is 1. The molecule has 0 aromatic carbocycles. The van der Waals surface area contributed by atoms with Crippen molar-refractivity contribution in [3.63, 3.8) is 0 Å². The predicted molar refractivity (Wildman–Crippen MR) is 50.2 cm³/mol. The summed E-state index contributed by atoms with van der Waals surface area (Å²) in [5.74, 6) is 0.516. The van der Waals surface area contributed by atoms with Crippen LogP contribution in [0.25, 0.3) is 0 Å². The number of methoxy groups -OCH3 is 1. The Morgan fingerprint density at radius 1 is 1.69 bits per heavy atom. The number of pyridine rings is 1. The molecular weight excluding hydrogens is 190 g/mol. The number of halogens is 1. The minimum atomic E-state index is 0.0577. The van der Waals surface area contributed by atoms with Crippen molar-refractivity contribution in [1.29, 1.82) is 0 Å². The largest absolute Gasteiger partial charge is 0.481 e. The maximum Gasteiger partial charge on any atom is 0.216 e. The first-order valence-electron chi connectivity index (χ1n) is 3.81. The molecule has 1 aromatic heterocycles. The van der Waals surface area contributed by atoms with Crippen molar-refractivity contribution < 1.29 is 9.53 Å². The minimum Gasteiger partial charge on any atom is -0.481 e. The molecule has 13 heavy (non-hydrogen) atoms. The summed E-state index contributed by atoms with van der Waals surface area (Å²) in [4.78, 5) is 14.8. The van der Waals surface area contributed by atoms with Crippen LogP contribution in [0, 0.1) is 0 Å². The van der Waals surface area contributed by atoms with Crippen LogP contribution in [-0.2, 0) is 11.2 Å². The van der Waals surface area contributed by atoms with Gasteiger partial charge in [-0.2, -0.15) is 0 Å². The van der Waals surface area contributed by atoms with Crippen molar-refractivity contribution in [2.75, 3.05) is 7.11 Å². The Labute approximate surface area is 81.7 Å². The fourth-order valence-electron chi connectivity index (χ4n) is 1.05. The van der Waals surface area contributed by atoms with Gasteiger partial charge in [0.2, 0.25) is 5.88 Å². The summed E-state index contributed by atoms with van der Waals surface area (Å²) in [7, 11) is 1.51. The van der Waals surface area contributed by atoms with Gasteiger partial charge in [-0.3, -0.25) is 4.79 Å². The molecule has 0 atom stereocenters. The summed E-state index contributed by atoms with van der Waals surface area (Å²) in [6, 6.07) is 1.69. The zero-order valence-electron chi connectivity index (χ0n) is 7.50. The van der Waals surface area contributed by atoms with E-state index in [0.717, 1.165) is 5.56 Å². The van der Waals surface area contributed by atoms with Crippen molar-refractivity contribution in [1.82, 2.24) is 4.98 Å². The highest BCUT2D eigenvalue weighted by Gasteiger charge is 2.07. The molecule has 0 radical (unpaired) electrons. The number of hydrogen-bond acceptors (Lipinski definition) is 3. The summed E-state index contributed by atoms with van der Waals surface area (Å²) in [6.07, 6.45) is 1.79. The summed E-state index contributed by atoms with van der Waals surface area (Å²) in [5, 5.41) is 0.511. The topological polar surface area (TPSA) is 39.2 Å². The van der Waals surface area contributed by atoms with E-state index < -0.39 is 0 Å². The Bertz CT molecular complexity index is 325. The monoisotopic (exact) mass is 199 g/mol. The van der Waals surface area contributed by atoms with E-state index in [-0.39, 0.29) is 5.78 Å². The molecule has 1 rings (SSSR count). The Kier molecular flexibility index (Phi) is 3.25. The normalized spacial score (nSPS) is 9.77. The third-order valence-electron chi connectivity index (χ3n) is 1.52. The molecule has 0 aliphatic rings. The Morgan fingerprint density at radius 2 is 2.38 bits per heavy atom. The van der Waals surface area contributed by atoms with E-state index in [1.165, 1.54) is 20.2 Å². The van der Waals surface area contributed by atoms with Gasteiger partial charge in [-0.15, -0.1) is 0 Å². The molecule has 70 valence electrons. The molecule has 0 spiro atoms. The van der Waals surface area contributed by atoms with Crippen LogP contribution in [0.4, 0.5) is 0 Å². The molecule has 1 aromatic rings. The van der Waals surface area contributed by atoms with Crippen LogP contribution in [0.2, 0.25) is 5.02 Å². The quantitative estimate of drug-likeness (QED) is 0.746. The number of hydrogen-bond donors (Lipinski definition) is 0. The third-order valence-corrected chi connectivity index (χ3v) is 1.73. The van der Waals surface area contributed by atoms with Crippen LogP contribution in [0.1, 0.15) is 12.5 Å². The van der Waals surface area contributed by atoms with Crippen LogP contribution in [0.15, 0.2) is 12.3 Å². The van der Waals surface area contributed by atoms with Crippen LogP contribution in [0.5, 0.6) is 5.88 Å². The van der Waals surface area contributed by atoms with Gasteiger partial charge >= 0.3 is 0 Å². The number of carbonyl (C=O) groups is 1. The van der Waals surface area contributed by atoms with Crippen molar-refractivity contribution in [3.05, 3.63) is 22.8 Å². The number of ketones is 1. The molecule has 0 aliphatic heterocycles. The highest BCUT2D eigenvalue weighted by molar-refractivity contribution is 6.30.